The Kier molecular flexibility index (Phi) is 4.20. The minimum Gasteiger partial charge on any atom is -0.506 e. The molecule has 0 atom stereocenters. The first kappa shape index (κ1) is 16.1. The molecule has 0 bridgehead atoms. The molecular weight excluding hydrogens is 381 g/mol. The maximum absolute atomic E-state index is 9.51. The fourth-order valence-corrected chi connectivity index (χ4v) is 3.43. The monoisotopic (exact) mass is 391 g/mol. The standard InChI is InChI=1S/C16H11Cl2N5OS/c17-10-2-4-11(5-3-10)19-15-22-23-14(20-21-16(23)25-15)8-9-1-6-13(24)12(18)7-9/h1-7,24H,8H2,(H,19,22). The van der Waals surface area contributed by atoms with E-state index in [1.807, 2.05) is 24.3 Å². The smallest absolute Gasteiger partial charge is 0.236 e. The molecule has 2 aromatic heterocycles. The van der Waals surface area contributed by atoms with Crippen molar-refractivity contribution in [2.24, 2.45) is 0 Å². The first-order valence-corrected chi connectivity index (χ1v) is 8.87. The van der Waals surface area contributed by atoms with Gasteiger partial charge in [0, 0.05) is 17.1 Å². The molecule has 0 aliphatic heterocycles. The quantitative estimate of drug-likeness (QED) is 0.534. The van der Waals surface area contributed by atoms with Crippen LogP contribution in [-0.4, -0.2) is 24.9 Å². The number of aromatic hydroxyl groups is 1. The van der Waals surface area contributed by atoms with Crippen LogP contribution in [-0.2, 0) is 6.42 Å². The summed E-state index contributed by atoms with van der Waals surface area (Å²) < 4.78 is 1.70. The van der Waals surface area contributed by atoms with Crippen molar-refractivity contribution in [1.29, 1.82) is 0 Å². The van der Waals surface area contributed by atoms with Crippen molar-refractivity contribution < 1.29 is 5.11 Å². The Labute approximate surface area is 156 Å². The number of phenolic OH excluding ortho intramolecular Hbond substituents is 1. The summed E-state index contributed by atoms with van der Waals surface area (Å²) >= 11 is 13.2. The lowest BCUT2D eigenvalue weighted by molar-refractivity contribution is 0.475. The molecule has 25 heavy (non-hydrogen) atoms. The number of nitrogens with one attached hydrogen (secondary N) is 1. The Morgan fingerprint density at radius 2 is 1.88 bits per heavy atom. The molecule has 0 unspecified atom stereocenters. The maximum atomic E-state index is 9.51. The molecule has 6 nitrogen and oxygen atoms in total. The lowest BCUT2D eigenvalue weighted by Crippen LogP contribution is -1.99. The third-order valence-electron chi connectivity index (χ3n) is 3.53. The zero-order valence-corrected chi connectivity index (χ0v) is 15.0. The van der Waals surface area contributed by atoms with Gasteiger partial charge in [-0.05, 0) is 42.0 Å². The Morgan fingerprint density at radius 3 is 2.64 bits per heavy atom. The van der Waals surface area contributed by atoms with Gasteiger partial charge in [-0.15, -0.1) is 15.3 Å². The second kappa shape index (κ2) is 6.51. The number of halogens is 2. The second-order valence-corrected chi connectivity index (χ2v) is 7.11. The molecule has 0 saturated heterocycles. The number of anilines is 2. The van der Waals surface area contributed by atoms with Crippen LogP contribution in [0, 0.1) is 0 Å². The van der Waals surface area contributed by atoms with E-state index in [4.69, 9.17) is 23.2 Å². The van der Waals surface area contributed by atoms with Crippen molar-refractivity contribution in [1.82, 2.24) is 19.8 Å². The molecule has 2 N–H and O–H groups in total. The molecule has 2 heterocycles. The van der Waals surface area contributed by atoms with E-state index >= 15 is 0 Å². The summed E-state index contributed by atoms with van der Waals surface area (Å²) in [7, 11) is 0. The molecule has 0 amide bonds. The van der Waals surface area contributed by atoms with E-state index in [0.717, 1.165) is 11.3 Å². The molecule has 126 valence electrons. The van der Waals surface area contributed by atoms with Crippen LogP contribution < -0.4 is 5.32 Å². The van der Waals surface area contributed by atoms with Crippen LogP contribution in [0.1, 0.15) is 11.4 Å². The second-order valence-electron chi connectivity index (χ2n) is 5.31. The van der Waals surface area contributed by atoms with Gasteiger partial charge in [-0.1, -0.05) is 40.6 Å². The summed E-state index contributed by atoms with van der Waals surface area (Å²) in [4.78, 5) is 0.691. The van der Waals surface area contributed by atoms with Gasteiger partial charge in [0.25, 0.3) is 0 Å². The number of hydrogen-bond acceptors (Lipinski definition) is 6. The molecule has 0 radical (unpaired) electrons. The van der Waals surface area contributed by atoms with Gasteiger partial charge < -0.3 is 10.4 Å². The fourth-order valence-electron chi connectivity index (χ4n) is 2.32. The molecule has 4 aromatic rings. The molecule has 0 saturated carbocycles. The van der Waals surface area contributed by atoms with E-state index in [0.29, 0.717) is 32.4 Å². The Morgan fingerprint density at radius 1 is 1.08 bits per heavy atom. The van der Waals surface area contributed by atoms with Gasteiger partial charge in [0.2, 0.25) is 10.1 Å². The number of phenols is 1. The third-order valence-corrected chi connectivity index (χ3v) is 4.89. The average Bonchev–Trinajstić information content (AvgIpc) is 3.15. The van der Waals surface area contributed by atoms with Gasteiger partial charge in [0.15, 0.2) is 5.82 Å². The lowest BCUT2D eigenvalue weighted by atomic mass is 10.1. The number of fused-ring (bicyclic) bond motifs is 1. The van der Waals surface area contributed by atoms with Gasteiger partial charge >= 0.3 is 0 Å². The van der Waals surface area contributed by atoms with E-state index in [1.54, 1.807) is 22.7 Å². The predicted molar refractivity (Wildman–Crippen MR) is 99.3 cm³/mol. The van der Waals surface area contributed by atoms with Gasteiger partial charge in [-0.3, -0.25) is 0 Å². The fraction of sp³-hybridized carbons (Fsp3) is 0.0625. The summed E-state index contributed by atoms with van der Waals surface area (Å²) in [5.41, 5.74) is 1.80. The van der Waals surface area contributed by atoms with Crippen molar-refractivity contribution in [2.75, 3.05) is 5.32 Å². The molecule has 9 heteroatoms. The first-order chi connectivity index (χ1) is 12.1. The number of rotatable bonds is 4. The van der Waals surface area contributed by atoms with Crippen LogP contribution in [0.3, 0.4) is 0 Å². The van der Waals surface area contributed by atoms with Crippen LogP contribution >= 0.6 is 34.5 Å². The van der Waals surface area contributed by atoms with E-state index in [1.165, 1.54) is 11.3 Å². The van der Waals surface area contributed by atoms with Gasteiger partial charge in [0.05, 0.1) is 5.02 Å². The largest absolute Gasteiger partial charge is 0.506 e. The van der Waals surface area contributed by atoms with Crippen molar-refractivity contribution in [2.45, 2.75) is 6.42 Å². The highest BCUT2D eigenvalue weighted by atomic mass is 35.5. The highest BCUT2D eigenvalue weighted by Crippen LogP contribution is 2.26. The van der Waals surface area contributed by atoms with E-state index < -0.39 is 0 Å². The van der Waals surface area contributed by atoms with Gasteiger partial charge in [0.1, 0.15) is 5.75 Å². The number of benzene rings is 2. The Balaban J connectivity index is 1.59. The third kappa shape index (κ3) is 3.39. The normalized spacial score (nSPS) is 11.1. The predicted octanol–water partition coefficient (Wildman–Crippen LogP) is 4.53. The molecule has 2 aromatic carbocycles. The van der Waals surface area contributed by atoms with E-state index in [2.05, 4.69) is 20.6 Å². The van der Waals surface area contributed by atoms with Gasteiger partial charge in [-0.25, -0.2) is 0 Å². The zero-order valence-electron chi connectivity index (χ0n) is 12.6. The molecule has 0 aliphatic rings. The van der Waals surface area contributed by atoms with E-state index in [-0.39, 0.29) is 5.75 Å². The van der Waals surface area contributed by atoms with Crippen molar-refractivity contribution in [3.05, 3.63) is 63.9 Å². The maximum Gasteiger partial charge on any atom is 0.236 e. The van der Waals surface area contributed by atoms with E-state index in [9.17, 15) is 5.11 Å². The van der Waals surface area contributed by atoms with Gasteiger partial charge in [-0.2, -0.15) is 4.52 Å². The van der Waals surface area contributed by atoms with Crippen LogP contribution in [0.4, 0.5) is 10.8 Å². The highest BCUT2D eigenvalue weighted by molar-refractivity contribution is 7.20. The topological polar surface area (TPSA) is 75.3 Å². The van der Waals surface area contributed by atoms with Crippen LogP contribution in [0.2, 0.25) is 10.0 Å². The van der Waals surface area contributed by atoms with Crippen LogP contribution in [0.25, 0.3) is 4.96 Å². The minimum atomic E-state index is 0.0555. The lowest BCUT2D eigenvalue weighted by Gasteiger charge is -2.02. The molecule has 4 rings (SSSR count). The molecule has 0 spiro atoms. The minimum absolute atomic E-state index is 0.0555. The number of nitrogens with zero attached hydrogens (tertiary/aromatic N) is 4. The summed E-state index contributed by atoms with van der Waals surface area (Å²) in [5.74, 6) is 0.747. The SMILES string of the molecule is Oc1ccc(Cc2nnc3sc(Nc4ccc(Cl)cc4)nn23)cc1Cl. The van der Waals surface area contributed by atoms with Crippen molar-refractivity contribution >= 4 is 50.3 Å². The average molecular weight is 392 g/mol. The number of hydrogen-bond donors (Lipinski definition) is 2. The van der Waals surface area contributed by atoms with Crippen molar-refractivity contribution in [3.63, 3.8) is 0 Å². The zero-order chi connectivity index (χ0) is 17.4. The highest BCUT2D eigenvalue weighted by Gasteiger charge is 2.13. The molecular formula is C16H11Cl2N5OS. The summed E-state index contributed by atoms with van der Waals surface area (Å²) in [5, 5.41) is 27.3. The van der Waals surface area contributed by atoms with Crippen LogP contribution in [0.15, 0.2) is 42.5 Å². The van der Waals surface area contributed by atoms with Crippen LogP contribution in [0.5, 0.6) is 5.75 Å². The molecule has 0 fully saturated rings. The number of aromatic nitrogens is 4. The summed E-state index contributed by atoms with van der Waals surface area (Å²) in [6.45, 7) is 0. The molecule has 0 aliphatic carbocycles. The Bertz CT molecular complexity index is 1040. The van der Waals surface area contributed by atoms with Crippen molar-refractivity contribution in [3.8, 4) is 5.75 Å². The first-order valence-electron chi connectivity index (χ1n) is 7.29. The summed E-state index contributed by atoms with van der Waals surface area (Å²) in [6, 6.07) is 12.4. The summed E-state index contributed by atoms with van der Waals surface area (Å²) in [6.07, 6.45) is 0.505. The Hall–Kier alpha value is -2.35.